The molecule has 0 atom stereocenters. The molecule has 136 heavy (non-hydrogen) atoms. The zero-order valence-corrected chi connectivity index (χ0v) is 77.2. The van der Waals surface area contributed by atoms with Gasteiger partial charge in [0.25, 0.3) is 0 Å². The number of piperazine rings is 2. The van der Waals surface area contributed by atoms with E-state index < -0.39 is 0 Å². The maximum atomic E-state index is 9.25. The fraction of sp³-hybridized carbons (Fsp3) is 0.255. The van der Waals surface area contributed by atoms with E-state index in [1.807, 2.05) is 139 Å². The molecule has 4 aliphatic rings. The Morgan fingerprint density at radius 3 is 1.10 bits per heavy atom. The lowest BCUT2D eigenvalue weighted by Gasteiger charge is -2.34. The second-order valence-corrected chi connectivity index (χ2v) is 36.0. The largest absolute Gasteiger partial charge is 0.395 e. The molecule has 25 rings (SSSR count). The zero-order valence-electron chi connectivity index (χ0n) is 73.9. The Morgan fingerprint density at radius 2 is 0.713 bits per heavy atom. The highest BCUT2D eigenvalue weighted by Crippen LogP contribution is 2.37. The van der Waals surface area contributed by atoms with Crippen LogP contribution in [0, 0.1) is 0 Å². The quantitative estimate of drug-likeness (QED) is 0.0228. The molecule has 20 heterocycles. The highest BCUT2D eigenvalue weighted by atomic mass is 32.1. The molecule has 5 aromatic carbocycles. The van der Waals surface area contributed by atoms with Crippen molar-refractivity contribution < 1.29 is 9.84 Å². The second kappa shape index (κ2) is 39.7. The van der Waals surface area contributed by atoms with E-state index in [-0.39, 0.29) is 6.61 Å². The van der Waals surface area contributed by atoms with Gasteiger partial charge in [-0.25, -0.2) is 39.9 Å². The van der Waals surface area contributed by atoms with Crippen molar-refractivity contribution >= 4 is 187 Å². The molecule has 12 N–H and O–H groups in total. The maximum absolute atomic E-state index is 9.25. The molecule has 688 valence electrons. The van der Waals surface area contributed by atoms with Gasteiger partial charge in [0.2, 0.25) is 23.8 Å². The summed E-state index contributed by atoms with van der Waals surface area (Å²) in [5.74, 6) is 8.77. The van der Waals surface area contributed by atoms with Crippen LogP contribution in [0.15, 0.2) is 214 Å². The molecule has 42 heteroatoms. The molecule has 0 amide bonds. The number of H-pyrrole nitrogens is 4. The van der Waals surface area contributed by atoms with Gasteiger partial charge in [0.15, 0.2) is 67.9 Å². The number of nitrogens with one attached hydrogen (secondary N) is 9. The third-order valence-corrected chi connectivity index (χ3v) is 26.9. The zero-order chi connectivity index (χ0) is 91.0. The SMILES string of the molecule is NCCN1CCN(c2nc(NCc3nc4ccccc4[nH]3)c3ncn(-c4ccsc4)c3n2)CC1.OCCN1CCN(c2nc(NCc3nc4ccccc4[nH]3)c3ncn(-c4ccsc4)c3n2)CC1.c1ccc2[nH]c(CNc3nc(NCCN4CCOCC4)nc4c3ncn4-c3ccsc3)nc2c1.c1ccc2c(c1)CCN2c1nc(NCc2nc3ccccc3[nH]2)c2ncn(-c3ccsc3)c2n1. The molecule has 0 aliphatic carbocycles. The number of para-hydroxylation sites is 9. The average Bonchev–Trinajstić information content (AvgIpc) is 1.61. The summed E-state index contributed by atoms with van der Waals surface area (Å²) in [6, 6.07) is 48.7. The van der Waals surface area contributed by atoms with E-state index in [1.165, 1.54) is 5.56 Å². The summed E-state index contributed by atoms with van der Waals surface area (Å²) < 4.78 is 13.5. The van der Waals surface area contributed by atoms with Gasteiger partial charge < -0.3 is 76.8 Å². The molecule has 0 spiro atoms. The molecule has 21 aromatic rings. The molecular formula is C94H96N36O2S4. The van der Waals surface area contributed by atoms with Gasteiger partial charge in [0.1, 0.15) is 48.6 Å². The molecule has 3 fully saturated rings. The molecule has 0 bridgehead atoms. The fourth-order valence-corrected chi connectivity index (χ4v) is 19.8. The Bertz CT molecular complexity index is 7250. The lowest BCUT2D eigenvalue weighted by atomic mass is 10.2. The number of hydrogen-bond acceptors (Lipinski definition) is 34. The van der Waals surface area contributed by atoms with Crippen LogP contribution in [0.25, 0.3) is 112 Å². The normalized spacial score (nSPS) is 14.4. The summed E-state index contributed by atoms with van der Waals surface area (Å²) in [5.41, 5.74) is 26.2. The van der Waals surface area contributed by atoms with Crippen molar-refractivity contribution in [1.29, 1.82) is 0 Å². The first-order valence-corrected chi connectivity index (χ1v) is 49.0. The predicted molar refractivity (Wildman–Crippen MR) is 538 cm³/mol. The Kier molecular flexibility index (Phi) is 25.3. The number of hydrogen-bond donors (Lipinski definition) is 11. The topological polar surface area (TPSA) is 424 Å². The van der Waals surface area contributed by atoms with E-state index in [1.54, 1.807) is 58.0 Å². The van der Waals surface area contributed by atoms with Crippen molar-refractivity contribution in [2.24, 2.45) is 5.73 Å². The molecule has 0 unspecified atom stereocenters. The monoisotopic (exact) mass is 1890 g/mol. The van der Waals surface area contributed by atoms with Crippen LogP contribution < -0.4 is 47.0 Å². The van der Waals surface area contributed by atoms with Crippen molar-refractivity contribution in [1.82, 2.24) is 133 Å². The summed E-state index contributed by atoms with van der Waals surface area (Å²) in [6.07, 6.45) is 8.21. The lowest BCUT2D eigenvalue weighted by Crippen LogP contribution is -2.48. The Labute approximate surface area is 793 Å². The van der Waals surface area contributed by atoms with Crippen molar-refractivity contribution in [3.05, 3.63) is 243 Å². The average molecular weight is 1890 g/mol. The van der Waals surface area contributed by atoms with Crippen LogP contribution in [0.4, 0.5) is 52.8 Å². The van der Waals surface area contributed by atoms with Crippen molar-refractivity contribution in [3.8, 4) is 22.7 Å². The second-order valence-electron chi connectivity index (χ2n) is 32.9. The van der Waals surface area contributed by atoms with Crippen LogP contribution >= 0.6 is 45.3 Å². The number of aliphatic hydroxyl groups excluding tert-OH is 1. The third kappa shape index (κ3) is 18.8. The van der Waals surface area contributed by atoms with Gasteiger partial charge in [-0.3, -0.25) is 33.0 Å². The Balaban J connectivity index is 0.000000105. The minimum absolute atomic E-state index is 0.179. The highest BCUT2D eigenvalue weighted by molar-refractivity contribution is 7.09. The number of fused-ring (bicyclic) bond motifs is 9. The summed E-state index contributed by atoms with van der Waals surface area (Å²) >= 11 is 6.58. The minimum atomic E-state index is 0.179. The number of anilines is 9. The number of thiophene rings is 4. The Hall–Kier alpha value is -14.9. The van der Waals surface area contributed by atoms with Crippen molar-refractivity contribution in [2.45, 2.75) is 32.6 Å². The number of imidazole rings is 8. The van der Waals surface area contributed by atoms with Gasteiger partial charge in [-0.15, -0.1) is 0 Å². The van der Waals surface area contributed by atoms with Gasteiger partial charge in [0, 0.05) is 132 Å². The number of morpholine rings is 1. The number of ether oxygens (including phenoxy) is 1. The molecule has 4 aliphatic heterocycles. The number of aromatic amines is 4. The van der Waals surface area contributed by atoms with Crippen LogP contribution in [0.3, 0.4) is 0 Å². The van der Waals surface area contributed by atoms with Gasteiger partial charge in [-0.1, -0.05) is 66.7 Å². The Morgan fingerprint density at radius 1 is 0.353 bits per heavy atom. The fourth-order valence-electron chi connectivity index (χ4n) is 17.3. The van der Waals surface area contributed by atoms with Gasteiger partial charge in [-0.2, -0.15) is 85.2 Å². The smallest absolute Gasteiger partial charge is 0.234 e. The first-order valence-electron chi connectivity index (χ1n) is 45.2. The number of nitrogens with zero attached hydrogens (tertiary/aromatic N) is 26. The highest BCUT2D eigenvalue weighted by Gasteiger charge is 2.29. The lowest BCUT2D eigenvalue weighted by molar-refractivity contribution is 0.0398. The molecule has 38 nitrogen and oxygen atoms in total. The van der Waals surface area contributed by atoms with Crippen molar-refractivity contribution in [3.63, 3.8) is 0 Å². The first kappa shape index (κ1) is 86.5. The molecule has 0 radical (unpaired) electrons. The van der Waals surface area contributed by atoms with Crippen molar-refractivity contribution in [2.75, 3.05) is 166 Å². The standard InChI is InChI=1S/C25H20N8S.C23H26N10S.2C23H25N9OS/c1-4-8-20-16(5-1)9-11-32(20)25-30-23(26-13-21-28-18-6-2-3-7-19(18)29-21)22-24(31-25)33(15-27-22)17-10-12-34-14-17;24-6-7-31-8-10-32(11-9-31)23-29-21(25-13-19-27-17-3-1-2-4-18(17)28-19)20-22(30-23)33(15-26-20)16-5-12-34-14-16;33-11-10-30-6-8-31(9-7-30)23-28-21(24-13-19-26-17-3-1-2-4-18(17)27-19)20-22(29-23)32(15-25-20)16-5-12-34-14-16;1-2-4-18-17(3-1)27-19(28-18)13-25-21-20-22(32(15-26-20)16-5-12-34-14-16)30-23(29-21)24-6-7-31-8-10-33-11-9-31/h1-8,10,12,14-15H,9,11,13H2,(H,28,29)(H,26,30,31);1-5,12,14-15H,6-11,13,24H2,(H,27,28)(H,25,29,30);1-5,12,14-15,33H,6-11,13H2,(H,26,27)(H,24,28,29);1-5,12,14-15H,6-11,13H2,(H,27,28)(H2,24,25,29,30). The van der Waals surface area contributed by atoms with Gasteiger partial charge in [0.05, 0.1) is 113 Å². The molecule has 16 aromatic heterocycles. The van der Waals surface area contributed by atoms with Crippen LogP contribution in [-0.2, 0) is 37.3 Å². The molecular weight excluding hydrogens is 1790 g/mol. The predicted octanol–water partition coefficient (Wildman–Crippen LogP) is 13.1. The number of aromatic nitrogens is 24. The van der Waals surface area contributed by atoms with E-state index in [0.29, 0.717) is 86.3 Å². The summed E-state index contributed by atoms with van der Waals surface area (Å²) in [6.45, 7) is 17.5. The van der Waals surface area contributed by atoms with Crippen LogP contribution in [0.1, 0.15) is 28.9 Å². The molecule has 3 saturated heterocycles. The number of rotatable bonds is 27. The number of nitrogens with two attached hydrogens (primary N) is 1. The van der Waals surface area contributed by atoms with E-state index in [4.69, 9.17) is 50.3 Å². The molecule has 0 saturated carbocycles. The van der Waals surface area contributed by atoms with Gasteiger partial charge in [-0.05, 0) is 112 Å². The van der Waals surface area contributed by atoms with Crippen LogP contribution in [0.5, 0.6) is 0 Å². The first-order chi connectivity index (χ1) is 67.2. The maximum Gasteiger partial charge on any atom is 0.234 e. The number of β-amino-alcohol motifs (C(OH)–C–C–N with tert-alkyl or cyclic N) is 1. The summed E-state index contributed by atoms with van der Waals surface area (Å²) in [5, 5.41) is 43.0. The van der Waals surface area contributed by atoms with E-state index in [9.17, 15) is 5.11 Å². The van der Waals surface area contributed by atoms with E-state index >= 15 is 0 Å². The summed E-state index contributed by atoms with van der Waals surface area (Å²) in [4.78, 5) is 104. The third-order valence-electron chi connectivity index (χ3n) is 24.2. The van der Waals surface area contributed by atoms with E-state index in [2.05, 4.69) is 197 Å². The number of benzene rings is 5. The van der Waals surface area contributed by atoms with Gasteiger partial charge >= 0.3 is 0 Å². The minimum Gasteiger partial charge on any atom is -0.395 e. The van der Waals surface area contributed by atoms with E-state index in [0.717, 1.165) is 252 Å². The number of aliphatic hydroxyl groups is 1. The summed E-state index contributed by atoms with van der Waals surface area (Å²) in [7, 11) is 0. The van der Waals surface area contributed by atoms with Crippen LogP contribution in [0.2, 0.25) is 0 Å². The van der Waals surface area contributed by atoms with Crippen LogP contribution in [-0.4, -0.2) is 262 Å².